The zero-order valence-corrected chi connectivity index (χ0v) is 12.0. The van der Waals surface area contributed by atoms with E-state index in [1.165, 1.54) is 25.3 Å². The van der Waals surface area contributed by atoms with Gasteiger partial charge < -0.3 is 20.9 Å². The first-order chi connectivity index (χ1) is 9.85. The fraction of sp³-hybridized carbons (Fsp3) is 0.308. The highest BCUT2D eigenvalue weighted by Crippen LogP contribution is 2.19. The van der Waals surface area contributed by atoms with Gasteiger partial charge in [-0.2, -0.15) is 0 Å². The summed E-state index contributed by atoms with van der Waals surface area (Å²) in [5.74, 6) is -2.41. The van der Waals surface area contributed by atoms with Crippen molar-refractivity contribution in [3.05, 3.63) is 28.8 Å². The lowest BCUT2D eigenvalue weighted by molar-refractivity contribution is -0.142. The van der Waals surface area contributed by atoms with Crippen LogP contribution in [0.2, 0.25) is 5.02 Å². The number of methoxy groups -OCH3 is 1. The molecule has 1 rings (SSSR count). The number of carboxylic acids is 1. The van der Waals surface area contributed by atoms with Gasteiger partial charge >= 0.3 is 11.9 Å². The Morgan fingerprint density at radius 3 is 2.62 bits per heavy atom. The number of aliphatic carboxylic acids is 1. The standard InChI is InChI=1S/C13H15ClN2O5/c1-21-11(17)5-4-10(13(19)20)16-12(18)7-2-3-9(15)8(14)6-7/h2-3,6,10H,4-5,15H2,1H3,(H,16,18)(H,19,20). The Morgan fingerprint density at radius 1 is 1.43 bits per heavy atom. The smallest absolute Gasteiger partial charge is 0.326 e. The molecule has 0 saturated carbocycles. The van der Waals surface area contributed by atoms with Crippen LogP contribution in [0, 0.1) is 0 Å². The van der Waals surface area contributed by atoms with Gasteiger partial charge in [0.25, 0.3) is 5.91 Å². The molecule has 0 aliphatic rings. The number of hydrogen-bond donors (Lipinski definition) is 3. The molecule has 0 aliphatic heterocycles. The summed E-state index contributed by atoms with van der Waals surface area (Å²) >= 11 is 5.80. The summed E-state index contributed by atoms with van der Waals surface area (Å²) in [6.45, 7) is 0. The van der Waals surface area contributed by atoms with Crippen LogP contribution in [-0.2, 0) is 14.3 Å². The van der Waals surface area contributed by atoms with Crippen LogP contribution in [0.25, 0.3) is 0 Å². The first kappa shape index (κ1) is 16.8. The van der Waals surface area contributed by atoms with E-state index in [0.29, 0.717) is 5.69 Å². The number of hydrogen-bond acceptors (Lipinski definition) is 5. The molecule has 1 atom stereocenters. The van der Waals surface area contributed by atoms with Crippen molar-refractivity contribution >= 4 is 35.1 Å². The Morgan fingerprint density at radius 2 is 2.10 bits per heavy atom. The van der Waals surface area contributed by atoms with Crippen LogP contribution in [0.3, 0.4) is 0 Å². The highest BCUT2D eigenvalue weighted by atomic mass is 35.5. The molecule has 7 nitrogen and oxygen atoms in total. The fourth-order valence-electron chi connectivity index (χ4n) is 1.53. The zero-order valence-electron chi connectivity index (χ0n) is 11.3. The van der Waals surface area contributed by atoms with E-state index in [1.807, 2.05) is 0 Å². The van der Waals surface area contributed by atoms with Gasteiger partial charge in [-0.15, -0.1) is 0 Å². The predicted octanol–water partition coefficient (Wildman–Crippen LogP) is 1.06. The number of carboxylic acid groups (broad SMARTS) is 1. The van der Waals surface area contributed by atoms with Gasteiger partial charge in [0.2, 0.25) is 0 Å². The van der Waals surface area contributed by atoms with E-state index in [-0.39, 0.29) is 23.4 Å². The molecule has 1 aromatic rings. The molecule has 0 saturated heterocycles. The Kier molecular flexibility index (Phi) is 5.98. The minimum Gasteiger partial charge on any atom is -0.480 e. The molecule has 8 heteroatoms. The number of ether oxygens (including phenoxy) is 1. The fourth-order valence-corrected chi connectivity index (χ4v) is 1.71. The number of anilines is 1. The van der Waals surface area contributed by atoms with Crippen LogP contribution in [0.4, 0.5) is 5.69 Å². The van der Waals surface area contributed by atoms with Crippen LogP contribution in [0.5, 0.6) is 0 Å². The lowest BCUT2D eigenvalue weighted by atomic mass is 10.1. The Hall–Kier alpha value is -2.28. The number of carbonyl (C=O) groups excluding carboxylic acids is 2. The van der Waals surface area contributed by atoms with E-state index >= 15 is 0 Å². The molecule has 1 aromatic carbocycles. The Bertz CT molecular complexity index is 561. The highest BCUT2D eigenvalue weighted by molar-refractivity contribution is 6.33. The first-order valence-corrected chi connectivity index (χ1v) is 6.38. The molecule has 0 fully saturated rings. The maximum atomic E-state index is 11.9. The molecule has 0 spiro atoms. The number of nitrogen functional groups attached to an aromatic ring is 1. The van der Waals surface area contributed by atoms with E-state index in [1.54, 1.807) is 0 Å². The van der Waals surface area contributed by atoms with Crippen LogP contribution < -0.4 is 11.1 Å². The van der Waals surface area contributed by atoms with Crippen molar-refractivity contribution in [3.63, 3.8) is 0 Å². The normalized spacial score (nSPS) is 11.5. The van der Waals surface area contributed by atoms with Gasteiger partial charge in [0, 0.05) is 12.0 Å². The molecule has 1 unspecified atom stereocenters. The average molecular weight is 315 g/mol. The van der Waals surface area contributed by atoms with Crippen molar-refractivity contribution in [2.24, 2.45) is 0 Å². The predicted molar refractivity (Wildman–Crippen MR) is 76.0 cm³/mol. The second-order valence-corrected chi connectivity index (χ2v) is 4.62. The van der Waals surface area contributed by atoms with Crippen molar-refractivity contribution in [2.45, 2.75) is 18.9 Å². The van der Waals surface area contributed by atoms with Gasteiger partial charge in [0.1, 0.15) is 6.04 Å². The molecule has 4 N–H and O–H groups in total. The lowest BCUT2D eigenvalue weighted by Gasteiger charge is -2.14. The summed E-state index contributed by atoms with van der Waals surface area (Å²) in [4.78, 5) is 34.0. The molecule has 0 aliphatic carbocycles. The summed E-state index contributed by atoms with van der Waals surface area (Å²) in [5.41, 5.74) is 6.02. The number of carbonyl (C=O) groups is 3. The summed E-state index contributed by atoms with van der Waals surface area (Å²) < 4.78 is 4.42. The average Bonchev–Trinajstić information content (AvgIpc) is 2.45. The Labute approximate surface area is 126 Å². The van der Waals surface area contributed by atoms with Crippen LogP contribution in [0.15, 0.2) is 18.2 Å². The molecule has 0 bridgehead atoms. The maximum Gasteiger partial charge on any atom is 0.326 e. The largest absolute Gasteiger partial charge is 0.480 e. The van der Waals surface area contributed by atoms with Gasteiger partial charge in [-0.05, 0) is 24.6 Å². The minimum absolute atomic E-state index is 0.0730. The molecule has 21 heavy (non-hydrogen) atoms. The maximum absolute atomic E-state index is 11.9. The summed E-state index contributed by atoms with van der Waals surface area (Å²) in [6.07, 6.45) is -0.188. The van der Waals surface area contributed by atoms with Crippen LogP contribution in [0.1, 0.15) is 23.2 Å². The highest BCUT2D eigenvalue weighted by Gasteiger charge is 2.22. The summed E-state index contributed by atoms with van der Waals surface area (Å²) in [7, 11) is 1.20. The van der Waals surface area contributed by atoms with E-state index in [0.717, 1.165) is 0 Å². The monoisotopic (exact) mass is 314 g/mol. The van der Waals surface area contributed by atoms with E-state index in [4.69, 9.17) is 22.4 Å². The lowest BCUT2D eigenvalue weighted by Crippen LogP contribution is -2.41. The third kappa shape index (κ3) is 4.96. The number of rotatable bonds is 6. The van der Waals surface area contributed by atoms with Crippen molar-refractivity contribution < 1.29 is 24.2 Å². The summed E-state index contributed by atoms with van der Waals surface area (Å²) in [6, 6.07) is 3.01. The number of halogens is 1. The number of nitrogens with one attached hydrogen (secondary N) is 1. The SMILES string of the molecule is COC(=O)CCC(NC(=O)c1ccc(N)c(Cl)c1)C(=O)O. The van der Waals surface area contributed by atoms with E-state index in [2.05, 4.69) is 10.1 Å². The first-order valence-electron chi connectivity index (χ1n) is 6.00. The van der Waals surface area contributed by atoms with Gasteiger partial charge in [-0.1, -0.05) is 11.6 Å². The molecule has 0 aromatic heterocycles. The van der Waals surface area contributed by atoms with Gasteiger partial charge in [0.05, 0.1) is 17.8 Å². The van der Waals surface area contributed by atoms with Crippen LogP contribution >= 0.6 is 11.6 Å². The van der Waals surface area contributed by atoms with Gasteiger partial charge in [-0.25, -0.2) is 4.79 Å². The van der Waals surface area contributed by atoms with E-state index < -0.39 is 23.9 Å². The number of benzene rings is 1. The van der Waals surface area contributed by atoms with Gasteiger partial charge in [-0.3, -0.25) is 9.59 Å². The molecule has 1 amide bonds. The quantitative estimate of drug-likeness (QED) is 0.533. The topological polar surface area (TPSA) is 119 Å². The second kappa shape index (κ2) is 7.49. The number of nitrogens with two attached hydrogens (primary N) is 1. The molecule has 114 valence electrons. The second-order valence-electron chi connectivity index (χ2n) is 4.22. The molecular formula is C13H15ClN2O5. The van der Waals surface area contributed by atoms with Crippen molar-refractivity contribution in [3.8, 4) is 0 Å². The van der Waals surface area contributed by atoms with Crippen LogP contribution in [-0.4, -0.2) is 36.1 Å². The third-order valence-corrected chi connectivity index (χ3v) is 3.06. The molecule has 0 heterocycles. The molecule has 0 radical (unpaired) electrons. The number of esters is 1. The number of amides is 1. The molecular weight excluding hydrogens is 300 g/mol. The van der Waals surface area contributed by atoms with Crippen molar-refractivity contribution in [2.75, 3.05) is 12.8 Å². The Balaban J connectivity index is 2.74. The zero-order chi connectivity index (χ0) is 16.0. The van der Waals surface area contributed by atoms with E-state index in [9.17, 15) is 14.4 Å². The minimum atomic E-state index is -1.24. The van der Waals surface area contributed by atoms with Gasteiger partial charge in [0.15, 0.2) is 0 Å². The summed E-state index contributed by atoms with van der Waals surface area (Å²) in [5, 5.41) is 11.6. The third-order valence-electron chi connectivity index (χ3n) is 2.73. The van der Waals surface area contributed by atoms with Crippen molar-refractivity contribution in [1.82, 2.24) is 5.32 Å². The van der Waals surface area contributed by atoms with Crippen molar-refractivity contribution in [1.29, 1.82) is 0 Å².